The summed E-state index contributed by atoms with van der Waals surface area (Å²) >= 11 is 13.8. The van der Waals surface area contributed by atoms with Crippen LogP contribution in [0.4, 0.5) is 10.5 Å². The molecule has 290 valence electrons. The Bertz CT molecular complexity index is 2860. The largest absolute Gasteiger partial charge is 0.508 e. The summed E-state index contributed by atoms with van der Waals surface area (Å²) in [6.45, 7) is 3.71. The third kappa shape index (κ3) is 5.33. The highest BCUT2D eigenvalue weighted by Crippen LogP contribution is 2.56. The van der Waals surface area contributed by atoms with E-state index in [0.29, 0.717) is 38.8 Å². The third-order valence-electron chi connectivity index (χ3n) is 11.1. The zero-order valence-corrected chi connectivity index (χ0v) is 32.3. The van der Waals surface area contributed by atoms with E-state index in [1.54, 1.807) is 18.2 Å². The quantitative estimate of drug-likeness (QED) is 0.116. The number of rotatable bonds is 4. The molecule has 0 aliphatic carbocycles. The summed E-state index contributed by atoms with van der Waals surface area (Å²) < 4.78 is 18.8. The van der Waals surface area contributed by atoms with E-state index < -0.39 is 35.4 Å². The van der Waals surface area contributed by atoms with Crippen molar-refractivity contribution in [2.24, 2.45) is 5.92 Å². The maximum absolute atomic E-state index is 15.2. The lowest BCUT2D eigenvalue weighted by molar-refractivity contribution is -0.124. The molecule has 3 atom stereocenters. The first-order chi connectivity index (χ1) is 28.0. The summed E-state index contributed by atoms with van der Waals surface area (Å²) in [5, 5.41) is 21.7. The van der Waals surface area contributed by atoms with Crippen LogP contribution < -0.4 is 16.0 Å². The van der Waals surface area contributed by atoms with Crippen LogP contribution in [0, 0.1) is 5.92 Å². The fourth-order valence-electron chi connectivity index (χ4n) is 8.36. The summed E-state index contributed by atoms with van der Waals surface area (Å²) in [7, 11) is 0. The number of anilines is 1. The van der Waals surface area contributed by atoms with Crippen LogP contribution in [0.25, 0.3) is 44.9 Å². The smallest absolute Gasteiger partial charge is 0.408 e. The van der Waals surface area contributed by atoms with Crippen LogP contribution in [0.2, 0.25) is 10.3 Å². The Morgan fingerprint density at radius 3 is 2.59 bits per heavy atom. The number of halogens is 2. The van der Waals surface area contributed by atoms with Gasteiger partial charge in [-0.25, -0.2) is 9.78 Å². The third-order valence-corrected chi connectivity index (χ3v) is 11.6. The van der Waals surface area contributed by atoms with E-state index >= 15 is 4.79 Å². The first kappa shape index (κ1) is 35.8. The van der Waals surface area contributed by atoms with E-state index in [-0.39, 0.29) is 69.6 Å². The van der Waals surface area contributed by atoms with Gasteiger partial charge in [-0.2, -0.15) is 4.98 Å². The molecule has 4 aromatic carbocycles. The maximum Gasteiger partial charge on any atom is 0.408 e. The Morgan fingerprint density at radius 1 is 0.983 bits per heavy atom. The molecule has 3 amide bonds. The monoisotopic (exact) mass is 814 g/mol. The van der Waals surface area contributed by atoms with Gasteiger partial charge in [-0.15, -0.1) is 0 Å². The summed E-state index contributed by atoms with van der Waals surface area (Å²) in [5.41, 5.74) is 2.93. The van der Waals surface area contributed by atoms with Crippen LogP contribution in [-0.2, 0) is 32.8 Å². The van der Waals surface area contributed by atoms with Gasteiger partial charge in [0.05, 0.1) is 16.8 Å². The lowest BCUT2D eigenvalue weighted by Crippen LogP contribution is -2.49. The van der Waals surface area contributed by atoms with Crippen molar-refractivity contribution in [1.29, 1.82) is 0 Å². The fraction of sp³-hybridized carbons (Fsp3) is 0.186. The van der Waals surface area contributed by atoms with Gasteiger partial charge < -0.3 is 39.6 Å². The number of benzene rings is 4. The summed E-state index contributed by atoms with van der Waals surface area (Å²) in [5.74, 6) is -1.63. The molecule has 10 rings (SSSR count). The van der Waals surface area contributed by atoms with Gasteiger partial charge in [0.2, 0.25) is 17.7 Å². The molecule has 0 unspecified atom stereocenters. The van der Waals surface area contributed by atoms with Crippen molar-refractivity contribution < 1.29 is 33.1 Å². The van der Waals surface area contributed by atoms with E-state index in [9.17, 15) is 14.7 Å². The van der Waals surface area contributed by atoms with E-state index in [2.05, 4.69) is 25.9 Å². The minimum absolute atomic E-state index is 0.00789. The molecule has 7 aromatic rings. The van der Waals surface area contributed by atoms with Crippen molar-refractivity contribution in [2.45, 2.75) is 44.4 Å². The highest BCUT2D eigenvalue weighted by atomic mass is 35.5. The number of aromatic nitrogens is 3. The molecule has 58 heavy (non-hydrogen) atoms. The Labute approximate surface area is 339 Å². The lowest BCUT2D eigenvalue weighted by atomic mass is 9.71. The number of ether oxygens (including phenoxy) is 1. The topological polar surface area (TPSA) is 185 Å². The van der Waals surface area contributed by atoms with Gasteiger partial charge in [0.25, 0.3) is 5.89 Å². The van der Waals surface area contributed by atoms with E-state index in [4.69, 9.17) is 41.8 Å². The van der Waals surface area contributed by atoms with Crippen molar-refractivity contribution in [3.05, 3.63) is 129 Å². The standard InChI is InChI=1S/C43H32Cl2N6O7/c1-19(2)30-39-49-33-35(58-39)43(26-16-21(14-15-28(26)52)17-27(38(53)48-30)46-42(55)56-18-20-8-4-3-5-9-20)25-13-7-11-23(32(25)50-41(43)54)22-10-6-12-24-29(36(44)47-31(22)24)34-37(45)51-40(33)57-34/h3-16,19,27,30,47,52H,17-18H2,1-2H3,(H,46,55)(H,48,53)(H,50,54)/t27-,30-,43-/m0/s1. The molecule has 5 N–H and O–H groups in total. The highest BCUT2D eigenvalue weighted by molar-refractivity contribution is 6.37. The van der Waals surface area contributed by atoms with Crippen LogP contribution in [0.1, 0.15) is 53.8 Å². The minimum atomic E-state index is -1.91. The number of phenolic OH excluding ortho intramolecular Hbond substituents is 1. The molecule has 1 spiro atoms. The molecule has 14 bridgehead atoms. The first-order valence-electron chi connectivity index (χ1n) is 18.6. The van der Waals surface area contributed by atoms with Gasteiger partial charge in [0, 0.05) is 34.1 Å². The summed E-state index contributed by atoms with van der Waals surface area (Å²) in [4.78, 5) is 55.6. The number of hydrogen-bond donors (Lipinski definition) is 5. The average Bonchev–Trinajstić information content (AvgIpc) is 3.97. The minimum Gasteiger partial charge on any atom is -0.508 e. The van der Waals surface area contributed by atoms with Crippen molar-refractivity contribution in [2.75, 3.05) is 5.32 Å². The Hall–Kier alpha value is -6.57. The van der Waals surface area contributed by atoms with Crippen LogP contribution >= 0.6 is 23.2 Å². The Morgan fingerprint density at radius 2 is 1.78 bits per heavy atom. The number of H-pyrrole nitrogens is 1. The van der Waals surface area contributed by atoms with Gasteiger partial charge in [0.1, 0.15) is 29.6 Å². The molecule has 3 aliphatic heterocycles. The number of carbonyl (C=O) groups is 3. The molecule has 15 heteroatoms. The SMILES string of the molecule is CC(C)[C@@H]1NC(=O)[C@@H](NC(=O)OCc2ccccc2)Cc2ccc(O)c(c2)[C@@]23C(=O)Nc4c(cccc42)-c2cccc4c(c(Cl)[nH]c24)-c2oc(nc2Cl)-c2nc1oc23. The highest BCUT2D eigenvalue weighted by Gasteiger charge is 2.57. The van der Waals surface area contributed by atoms with E-state index in [0.717, 1.165) is 11.1 Å². The van der Waals surface area contributed by atoms with Crippen molar-refractivity contribution >= 4 is 57.7 Å². The fourth-order valence-corrected chi connectivity index (χ4v) is 8.85. The van der Waals surface area contributed by atoms with Crippen LogP contribution in [0.15, 0.2) is 93.8 Å². The molecule has 0 fully saturated rings. The second-order valence-corrected chi connectivity index (χ2v) is 15.6. The first-order valence-corrected chi connectivity index (χ1v) is 19.3. The van der Waals surface area contributed by atoms with Crippen LogP contribution in [0.3, 0.4) is 0 Å². The van der Waals surface area contributed by atoms with Crippen molar-refractivity contribution in [1.82, 2.24) is 25.6 Å². The summed E-state index contributed by atoms with van der Waals surface area (Å²) in [6.07, 6.45) is -0.850. The molecular formula is C43H32Cl2N6O7. The Balaban J connectivity index is 1.23. The number of amides is 3. The Kier molecular flexibility index (Phi) is 8.18. The maximum atomic E-state index is 15.2. The van der Waals surface area contributed by atoms with Crippen molar-refractivity contribution in [3.8, 4) is 39.8 Å². The number of aromatic amines is 1. The van der Waals surface area contributed by atoms with Gasteiger partial charge in [-0.3, -0.25) is 9.59 Å². The second-order valence-electron chi connectivity index (χ2n) is 14.9. The zero-order valence-electron chi connectivity index (χ0n) is 30.8. The van der Waals surface area contributed by atoms with Crippen LogP contribution in [0.5, 0.6) is 5.75 Å². The summed E-state index contributed by atoms with van der Waals surface area (Å²) in [6, 6.07) is 23.0. The molecule has 6 heterocycles. The molecule has 3 aromatic heterocycles. The van der Waals surface area contributed by atoms with Gasteiger partial charge in [-0.1, -0.05) is 116 Å². The predicted molar refractivity (Wildman–Crippen MR) is 214 cm³/mol. The second kappa shape index (κ2) is 13.3. The number of alkyl carbamates (subject to hydrolysis) is 1. The number of hydrogen-bond acceptors (Lipinski definition) is 9. The van der Waals surface area contributed by atoms with Gasteiger partial charge in [-0.05, 0) is 23.1 Å². The molecule has 13 nitrogen and oxygen atoms in total. The van der Waals surface area contributed by atoms with Gasteiger partial charge >= 0.3 is 6.09 Å². The van der Waals surface area contributed by atoms with Crippen molar-refractivity contribution in [3.63, 3.8) is 0 Å². The van der Waals surface area contributed by atoms with Gasteiger partial charge in [0.15, 0.2) is 27.8 Å². The number of phenols is 1. The molecule has 0 saturated carbocycles. The van der Waals surface area contributed by atoms with E-state index in [1.165, 1.54) is 6.07 Å². The number of nitrogens with one attached hydrogen (secondary N) is 4. The number of nitrogens with zero attached hydrogens (tertiary/aromatic N) is 2. The van der Waals surface area contributed by atoms with Crippen LogP contribution in [-0.4, -0.2) is 44.0 Å². The number of fused-ring (bicyclic) bond motifs is 8. The predicted octanol–water partition coefficient (Wildman–Crippen LogP) is 8.42. The molecule has 0 saturated heterocycles. The molecule has 0 radical (unpaired) electrons. The zero-order chi connectivity index (χ0) is 40.0. The van der Waals surface area contributed by atoms with E-state index in [1.807, 2.05) is 74.5 Å². The number of para-hydroxylation sites is 2. The average molecular weight is 816 g/mol. The number of oxazole rings is 2. The number of carbonyl (C=O) groups excluding carboxylic acids is 3. The normalized spacial score (nSPS) is 19.1. The lowest BCUT2D eigenvalue weighted by Gasteiger charge is -2.29. The number of aromatic hydroxyl groups is 1. The molecule has 3 aliphatic rings. The molecular weight excluding hydrogens is 783 g/mol.